The Balaban J connectivity index is 1.70. The van der Waals surface area contributed by atoms with E-state index in [2.05, 4.69) is 5.10 Å². The molecule has 1 aromatic heterocycles. The van der Waals surface area contributed by atoms with E-state index in [0.717, 1.165) is 18.5 Å². The van der Waals surface area contributed by atoms with Crippen LogP contribution in [0.2, 0.25) is 0 Å². The Labute approximate surface area is 131 Å². The lowest BCUT2D eigenvalue weighted by molar-refractivity contribution is -0.138. The predicted molar refractivity (Wildman–Crippen MR) is 82.2 cm³/mol. The number of carbonyl (C=O) groups excluding carboxylic acids is 2. The van der Waals surface area contributed by atoms with Crippen molar-refractivity contribution in [3.63, 3.8) is 0 Å². The van der Waals surface area contributed by atoms with Crippen molar-refractivity contribution in [2.45, 2.75) is 45.2 Å². The van der Waals surface area contributed by atoms with Crippen molar-refractivity contribution in [2.24, 2.45) is 5.92 Å². The molecule has 2 heterocycles. The van der Waals surface area contributed by atoms with Gasteiger partial charge in [0.1, 0.15) is 0 Å². The highest BCUT2D eigenvalue weighted by Crippen LogP contribution is 2.27. The molecule has 6 heteroatoms. The monoisotopic (exact) mass is 304 g/mol. The van der Waals surface area contributed by atoms with Crippen molar-refractivity contribution >= 4 is 11.8 Å². The number of amides is 2. The molecule has 1 aliphatic heterocycles. The molecule has 3 rings (SSSR count). The number of carbonyl (C=O) groups is 2. The smallest absolute Gasteiger partial charge is 0.273 e. The Hall–Kier alpha value is -1.85. The van der Waals surface area contributed by atoms with E-state index in [1.807, 2.05) is 15.6 Å². The summed E-state index contributed by atoms with van der Waals surface area (Å²) in [6.45, 7) is 1.94. The van der Waals surface area contributed by atoms with Crippen molar-refractivity contribution in [1.82, 2.24) is 19.6 Å². The molecule has 0 atom stereocenters. The summed E-state index contributed by atoms with van der Waals surface area (Å²) < 4.78 is 1.86. The first-order chi connectivity index (χ1) is 10.6. The van der Waals surface area contributed by atoms with Gasteiger partial charge in [-0.1, -0.05) is 19.3 Å². The van der Waals surface area contributed by atoms with Gasteiger partial charge in [-0.25, -0.2) is 0 Å². The highest BCUT2D eigenvalue weighted by Gasteiger charge is 2.29. The summed E-state index contributed by atoms with van der Waals surface area (Å²) in [6, 6.07) is 1.82. The summed E-state index contributed by atoms with van der Waals surface area (Å²) in [6.07, 6.45) is 5.65. The lowest BCUT2D eigenvalue weighted by Gasteiger charge is -2.32. The van der Waals surface area contributed by atoms with E-state index in [1.165, 1.54) is 24.2 Å². The molecule has 0 saturated heterocycles. The van der Waals surface area contributed by atoms with Crippen LogP contribution >= 0.6 is 0 Å². The molecule has 1 aromatic rings. The van der Waals surface area contributed by atoms with E-state index in [0.29, 0.717) is 25.3 Å². The standard InChI is InChI=1S/C16H24N4O2/c1-18(2)16(22)14-10-13-11-19(8-9-20(13)17-14)15(21)12-6-4-3-5-7-12/h10,12H,3-9,11H2,1-2H3. The van der Waals surface area contributed by atoms with E-state index in [-0.39, 0.29) is 17.7 Å². The van der Waals surface area contributed by atoms with Gasteiger partial charge >= 0.3 is 0 Å². The SMILES string of the molecule is CN(C)C(=O)c1cc2n(n1)CCN(C(=O)C1CCCCC1)C2. The number of fused-ring (bicyclic) bond motifs is 1. The van der Waals surface area contributed by atoms with Crippen LogP contribution in [0.1, 0.15) is 48.3 Å². The predicted octanol–water partition coefficient (Wildman–Crippen LogP) is 1.51. The third kappa shape index (κ3) is 2.87. The quantitative estimate of drug-likeness (QED) is 0.832. The Bertz CT molecular complexity index is 573. The first-order valence-corrected chi connectivity index (χ1v) is 8.13. The van der Waals surface area contributed by atoms with Gasteiger partial charge in [0.25, 0.3) is 5.91 Å². The van der Waals surface area contributed by atoms with Crippen LogP contribution in [0.4, 0.5) is 0 Å². The molecule has 0 aromatic carbocycles. The fourth-order valence-corrected chi connectivity index (χ4v) is 3.40. The summed E-state index contributed by atoms with van der Waals surface area (Å²) in [4.78, 5) is 28.1. The molecule has 2 amide bonds. The van der Waals surface area contributed by atoms with Gasteiger partial charge in [-0.3, -0.25) is 14.3 Å². The van der Waals surface area contributed by atoms with Crippen LogP contribution < -0.4 is 0 Å². The average Bonchev–Trinajstić information content (AvgIpc) is 2.97. The van der Waals surface area contributed by atoms with Gasteiger partial charge in [0, 0.05) is 26.6 Å². The van der Waals surface area contributed by atoms with E-state index in [4.69, 9.17) is 0 Å². The maximum Gasteiger partial charge on any atom is 0.273 e. The molecule has 1 aliphatic carbocycles. The van der Waals surface area contributed by atoms with E-state index in [1.54, 1.807) is 14.1 Å². The van der Waals surface area contributed by atoms with Crippen molar-refractivity contribution in [2.75, 3.05) is 20.6 Å². The Morgan fingerprint density at radius 3 is 2.59 bits per heavy atom. The van der Waals surface area contributed by atoms with Gasteiger partial charge in [0.05, 0.1) is 18.8 Å². The second kappa shape index (κ2) is 6.10. The summed E-state index contributed by atoms with van der Waals surface area (Å²) >= 11 is 0. The Morgan fingerprint density at radius 2 is 1.91 bits per heavy atom. The van der Waals surface area contributed by atoms with Crippen LogP contribution in [0.15, 0.2) is 6.07 Å². The number of hydrogen-bond donors (Lipinski definition) is 0. The minimum Gasteiger partial charge on any atom is -0.343 e. The minimum absolute atomic E-state index is 0.0907. The minimum atomic E-state index is -0.0907. The molecule has 1 fully saturated rings. The van der Waals surface area contributed by atoms with Crippen molar-refractivity contribution in [1.29, 1.82) is 0 Å². The average molecular weight is 304 g/mol. The van der Waals surface area contributed by atoms with Crippen molar-refractivity contribution < 1.29 is 9.59 Å². The van der Waals surface area contributed by atoms with Gasteiger partial charge in [0.2, 0.25) is 5.91 Å². The fraction of sp³-hybridized carbons (Fsp3) is 0.688. The lowest BCUT2D eigenvalue weighted by Crippen LogP contribution is -2.42. The van der Waals surface area contributed by atoms with E-state index < -0.39 is 0 Å². The zero-order chi connectivity index (χ0) is 15.7. The highest BCUT2D eigenvalue weighted by atomic mass is 16.2. The number of hydrogen-bond acceptors (Lipinski definition) is 3. The van der Waals surface area contributed by atoms with Crippen LogP contribution in [-0.2, 0) is 17.9 Å². The second-order valence-electron chi connectivity index (χ2n) is 6.54. The molecule has 22 heavy (non-hydrogen) atoms. The molecule has 0 spiro atoms. The molecule has 0 N–H and O–H groups in total. The third-order valence-electron chi connectivity index (χ3n) is 4.69. The molecule has 0 radical (unpaired) electrons. The molecule has 6 nitrogen and oxygen atoms in total. The van der Waals surface area contributed by atoms with Crippen molar-refractivity contribution in [3.05, 3.63) is 17.5 Å². The molecule has 0 unspecified atom stereocenters. The van der Waals surface area contributed by atoms with Crippen LogP contribution in [0.3, 0.4) is 0 Å². The third-order valence-corrected chi connectivity index (χ3v) is 4.69. The first-order valence-electron chi connectivity index (χ1n) is 8.13. The van der Waals surface area contributed by atoms with Gasteiger partial charge in [-0.15, -0.1) is 0 Å². The summed E-state index contributed by atoms with van der Waals surface area (Å²) in [5.74, 6) is 0.394. The van der Waals surface area contributed by atoms with Crippen molar-refractivity contribution in [3.8, 4) is 0 Å². The van der Waals surface area contributed by atoms with Crippen LogP contribution in [0, 0.1) is 5.92 Å². The molecule has 2 aliphatic rings. The topological polar surface area (TPSA) is 58.4 Å². The highest BCUT2D eigenvalue weighted by molar-refractivity contribution is 5.92. The Morgan fingerprint density at radius 1 is 1.18 bits per heavy atom. The van der Waals surface area contributed by atoms with Gasteiger partial charge < -0.3 is 9.80 Å². The largest absolute Gasteiger partial charge is 0.343 e. The zero-order valence-corrected chi connectivity index (χ0v) is 13.4. The molecule has 120 valence electrons. The summed E-state index contributed by atoms with van der Waals surface area (Å²) in [5, 5.41) is 4.37. The van der Waals surface area contributed by atoms with Gasteiger partial charge in [0.15, 0.2) is 5.69 Å². The molecular formula is C16H24N4O2. The molecule has 1 saturated carbocycles. The maximum absolute atomic E-state index is 12.6. The second-order valence-corrected chi connectivity index (χ2v) is 6.54. The van der Waals surface area contributed by atoms with Crippen LogP contribution in [0.5, 0.6) is 0 Å². The number of nitrogens with zero attached hydrogens (tertiary/aromatic N) is 4. The van der Waals surface area contributed by atoms with Crippen LogP contribution in [-0.4, -0.2) is 52.0 Å². The molecule has 0 bridgehead atoms. The number of aromatic nitrogens is 2. The summed E-state index contributed by atoms with van der Waals surface area (Å²) in [5.41, 5.74) is 1.42. The normalized spacial score (nSPS) is 18.9. The fourth-order valence-electron chi connectivity index (χ4n) is 3.40. The lowest BCUT2D eigenvalue weighted by atomic mass is 9.88. The molecular weight excluding hydrogens is 280 g/mol. The van der Waals surface area contributed by atoms with Gasteiger partial charge in [-0.05, 0) is 18.9 Å². The zero-order valence-electron chi connectivity index (χ0n) is 13.4. The van der Waals surface area contributed by atoms with E-state index in [9.17, 15) is 9.59 Å². The number of rotatable bonds is 2. The van der Waals surface area contributed by atoms with Gasteiger partial charge in [-0.2, -0.15) is 5.10 Å². The van der Waals surface area contributed by atoms with E-state index >= 15 is 0 Å². The first kappa shape index (κ1) is 15.1. The van der Waals surface area contributed by atoms with Crippen LogP contribution in [0.25, 0.3) is 0 Å². The Kier molecular flexibility index (Phi) is 4.18. The maximum atomic E-state index is 12.6. The summed E-state index contributed by atoms with van der Waals surface area (Å²) in [7, 11) is 3.44.